The number of fused-ring (bicyclic) bond motifs is 2. The Labute approximate surface area is 67.2 Å². The van der Waals surface area contributed by atoms with E-state index < -0.39 is 0 Å². The van der Waals surface area contributed by atoms with Crippen molar-refractivity contribution in [3.05, 3.63) is 0 Å². The summed E-state index contributed by atoms with van der Waals surface area (Å²) >= 11 is 0. The lowest BCUT2D eigenvalue weighted by atomic mass is 9.72. The average molecular weight is 150 g/mol. The molecule has 3 bridgehead atoms. The lowest BCUT2D eigenvalue weighted by Crippen LogP contribution is -2.30. The van der Waals surface area contributed by atoms with E-state index in [9.17, 15) is 4.79 Å². The van der Waals surface area contributed by atoms with Crippen LogP contribution in [-0.4, -0.2) is 5.78 Å². The Balaban J connectivity index is 2.00. The zero-order valence-corrected chi connectivity index (χ0v) is 6.75. The van der Waals surface area contributed by atoms with Crippen molar-refractivity contribution in [2.45, 2.75) is 32.1 Å². The molecule has 3 aliphatic carbocycles. The molecular formula is C10H14O. The Hall–Kier alpha value is -0.330. The summed E-state index contributed by atoms with van der Waals surface area (Å²) < 4.78 is 0. The van der Waals surface area contributed by atoms with Crippen molar-refractivity contribution in [3.63, 3.8) is 0 Å². The van der Waals surface area contributed by atoms with Gasteiger partial charge in [-0.3, -0.25) is 4.79 Å². The summed E-state index contributed by atoms with van der Waals surface area (Å²) in [6, 6.07) is 0. The fourth-order valence-corrected chi connectivity index (χ4v) is 3.69. The summed E-state index contributed by atoms with van der Waals surface area (Å²) in [6.45, 7) is 0. The standard InChI is InChI=1S/C10H14O/c11-10-5-7-1-6-2-8(3-7)9(10)4-6/h6-9H,1-5H2/t6-,7+,8-,9+/m0/s1. The van der Waals surface area contributed by atoms with E-state index in [0.29, 0.717) is 11.7 Å². The summed E-state index contributed by atoms with van der Waals surface area (Å²) in [5.74, 6) is 3.67. The summed E-state index contributed by atoms with van der Waals surface area (Å²) in [5, 5.41) is 0. The van der Waals surface area contributed by atoms with Gasteiger partial charge in [0.05, 0.1) is 0 Å². The second-order valence-corrected chi connectivity index (χ2v) is 4.71. The number of hydrogen-bond donors (Lipinski definition) is 0. The largest absolute Gasteiger partial charge is 0.299 e. The maximum Gasteiger partial charge on any atom is 0.136 e. The molecule has 0 aromatic heterocycles. The van der Waals surface area contributed by atoms with Gasteiger partial charge in [-0.1, -0.05) is 0 Å². The molecule has 0 radical (unpaired) electrons. The van der Waals surface area contributed by atoms with E-state index in [0.717, 1.165) is 24.2 Å². The topological polar surface area (TPSA) is 17.1 Å². The predicted octanol–water partition coefficient (Wildman–Crippen LogP) is 2.01. The molecule has 0 aromatic rings. The quantitative estimate of drug-likeness (QED) is 0.516. The minimum atomic E-state index is 0.513. The van der Waals surface area contributed by atoms with Gasteiger partial charge in [0, 0.05) is 12.3 Å². The second-order valence-electron chi connectivity index (χ2n) is 4.71. The third-order valence-electron chi connectivity index (χ3n) is 4.00. The fraction of sp³-hybridized carbons (Fsp3) is 0.900. The average Bonchev–Trinajstić information content (AvgIpc) is 2.19. The number of Topliss-reactive ketones (excluding diaryl/α,β-unsaturated/α-hetero) is 1. The third-order valence-corrected chi connectivity index (χ3v) is 4.00. The second kappa shape index (κ2) is 1.88. The summed E-state index contributed by atoms with van der Waals surface area (Å²) in [4.78, 5) is 11.5. The van der Waals surface area contributed by atoms with E-state index in [-0.39, 0.29) is 0 Å². The zero-order valence-electron chi connectivity index (χ0n) is 6.75. The van der Waals surface area contributed by atoms with Crippen LogP contribution in [0.2, 0.25) is 0 Å². The highest BCUT2D eigenvalue weighted by molar-refractivity contribution is 5.83. The van der Waals surface area contributed by atoms with E-state index >= 15 is 0 Å². The minimum absolute atomic E-state index is 0.513. The molecule has 60 valence electrons. The lowest BCUT2D eigenvalue weighted by Gasteiger charge is -2.32. The Bertz CT molecular complexity index is 207. The monoisotopic (exact) mass is 150 g/mol. The van der Waals surface area contributed by atoms with Crippen molar-refractivity contribution in [2.24, 2.45) is 23.7 Å². The zero-order chi connectivity index (χ0) is 7.42. The van der Waals surface area contributed by atoms with Crippen LogP contribution in [0.1, 0.15) is 32.1 Å². The van der Waals surface area contributed by atoms with Crippen molar-refractivity contribution in [1.82, 2.24) is 0 Å². The molecular weight excluding hydrogens is 136 g/mol. The van der Waals surface area contributed by atoms with Gasteiger partial charge in [-0.15, -0.1) is 0 Å². The maximum absolute atomic E-state index is 11.5. The molecule has 1 heteroatoms. The first kappa shape index (κ1) is 6.22. The van der Waals surface area contributed by atoms with E-state index in [1.54, 1.807) is 0 Å². The summed E-state index contributed by atoms with van der Waals surface area (Å²) in [7, 11) is 0. The van der Waals surface area contributed by atoms with Crippen molar-refractivity contribution in [2.75, 3.05) is 0 Å². The molecule has 0 heterocycles. The van der Waals surface area contributed by atoms with Gasteiger partial charge in [-0.05, 0) is 43.4 Å². The molecule has 0 N–H and O–H groups in total. The van der Waals surface area contributed by atoms with Crippen LogP contribution in [0.15, 0.2) is 0 Å². The first-order valence-electron chi connectivity index (χ1n) is 4.85. The van der Waals surface area contributed by atoms with Gasteiger partial charge in [0.1, 0.15) is 5.78 Å². The molecule has 0 unspecified atom stereocenters. The highest BCUT2D eigenvalue weighted by Crippen LogP contribution is 2.53. The molecule has 4 atom stereocenters. The van der Waals surface area contributed by atoms with E-state index in [1.807, 2.05) is 0 Å². The molecule has 3 rings (SSSR count). The van der Waals surface area contributed by atoms with Gasteiger partial charge in [0.15, 0.2) is 0 Å². The van der Waals surface area contributed by atoms with Gasteiger partial charge < -0.3 is 0 Å². The number of ketones is 1. The Morgan fingerprint density at radius 2 is 1.82 bits per heavy atom. The van der Waals surface area contributed by atoms with Crippen LogP contribution in [0.4, 0.5) is 0 Å². The Kier molecular flexibility index (Phi) is 1.06. The molecule has 3 aliphatic rings. The predicted molar refractivity (Wildman–Crippen MR) is 42.1 cm³/mol. The van der Waals surface area contributed by atoms with Gasteiger partial charge in [0.2, 0.25) is 0 Å². The van der Waals surface area contributed by atoms with E-state index in [1.165, 1.54) is 25.7 Å². The smallest absolute Gasteiger partial charge is 0.136 e. The number of carbonyl (C=O) groups is 1. The molecule has 0 saturated heterocycles. The van der Waals surface area contributed by atoms with Crippen LogP contribution >= 0.6 is 0 Å². The molecule has 0 aliphatic heterocycles. The molecule has 11 heavy (non-hydrogen) atoms. The first-order valence-corrected chi connectivity index (χ1v) is 4.85. The van der Waals surface area contributed by atoms with E-state index in [4.69, 9.17) is 0 Å². The number of hydrogen-bond acceptors (Lipinski definition) is 1. The highest BCUT2D eigenvalue weighted by Gasteiger charge is 2.48. The highest BCUT2D eigenvalue weighted by atomic mass is 16.1. The Morgan fingerprint density at radius 3 is 2.73 bits per heavy atom. The fourth-order valence-electron chi connectivity index (χ4n) is 3.69. The molecule has 3 saturated carbocycles. The van der Waals surface area contributed by atoms with Gasteiger partial charge in [-0.2, -0.15) is 0 Å². The van der Waals surface area contributed by atoms with Crippen LogP contribution in [0, 0.1) is 23.7 Å². The molecule has 1 nitrogen and oxygen atoms in total. The van der Waals surface area contributed by atoms with Gasteiger partial charge in [-0.25, -0.2) is 0 Å². The minimum Gasteiger partial charge on any atom is -0.299 e. The van der Waals surface area contributed by atoms with Crippen LogP contribution in [0.3, 0.4) is 0 Å². The van der Waals surface area contributed by atoms with Gasteiger partial charge in [0.25, 0.3) is 0 Å². The molecule has 0 aromatic carbocycles. The van der Waals surface area contributed by atoms with Crippen LogP contribution in [-0.2, 0) is 4.79 Å². The summed E-state index contributed by atoms with van der Waals surface area (Å²) in [6.07, 6.45) is 6.32. The SMILES string of the molecule is O=C1C[C@@H]2C[C@H]3C[C@@H](C2)[C@H]1C3. The van der Waals surface area contributed by atoms with Gasteiger partial charge >= 0.3 is 0 Å². The molecule has 3 fully saturated rings. The first-order chi connectivity index (χ1) is 5.33. The van der Waals surface area contributed by atoms with Crippen LogP contribution < -0.4 is 0 Å². The van der Waals surface area contributed by atoms with Crippen molar-refractivity contribution >= 4 is 5.78 Å². The summed E-state index contributed by atoms with van der Waals surface area (Å²) in [5.41, 5.74) is 0. The third kappa shape index (κ3) is 0.743. The molecule has 0 spiro atoms. The number of carbonyl (C=O) groups excluding carboxylic acids is 1. The van der Waals surface area contributed by atoms with Crippen LogP contribution in [0.5, 0.6) is 0 Å². The lowest BCUT2D eigenvalue weighted by molar-refractivity contribution is -0.127. The Morgan fingerprint density at radius 1 is 1.00 bits per heavy atom. The van der Waals surface area contributed by atoms with Crippen LogP contribution in [0.25, 0.3) is 0 Å². The van der Waals surface area contributed by atoms with E-state index in [2.05, 4.69) is 0 Å². The van der Waals surface area contributed by atoms with Crippen molar-refractivity contribution < 1.29 is 4.79 Å². The normalized spacial score (nSPS) is 53.6. The van der Waals surface area contributed by atoms with Crippen molar-refractivity contribution in [3.8, 4) is 0 Å². The number of rotatable bonds is 0. The van der Waals surface area contributed by atoms with Crippen molar-refractivity contribution in [1.29, 1.82) is 0 Å². The molecule has 0 amide bonds. The maximum atomic E-state index is 11.5.